The molecular weight excluding hydrogens is 389 g/mol. The van der Waals surface area contributed by atoms with E-state index >= 15 is 0 Å². The molecule has 1 heterocycles. The Balaban J connectivity index is 1.63. The fraction of sp³-hybridized carbons (Fsp3) is 0.286. The van der Waals surface area contributed by atoms with Crippen LogP contribution in [0.25, 0.3) is 11.4 Å². The zero-order valence-corrected chi connectivity index (χ0v) is 17.5. The summed E-state index contributed by atoms with van der Waals surface area (Å²) < 4.78 is 14.8. The maximum absolute atomic E-state index is 12.9. The largest absolute Gasteiger partial charge is 0.372 e. The van der Waals surface area contributed by atoms with Crippen molar-refractivity contribution in [1.29, 1.82) is 0 Å². The van der Waals surface area contributed by atoms with Gasteiger partial charge in [-0.3, -0.25) is 4.79 Å². The molecule has 0 radical (unpaired) electrons. The van der Waals surface area contributed by atoms with Gasteiger partial charge in [0.05, 0.1) is 5.75 Å². The number of nitrogens with zero attached hydrogens (tertiary/aromatic N) is 4. The Morgan fingerprint density at radius 2 is 1.72 bits per heavy atom. The number of hydrogen-bond acceptors (Lipinski definition) is 5. The molecule has 1 aromatic heterocycles. The van der Waals surface area contributed by atoms with Gasteiger partial charge in [-0.05, 0) is 62.4 Å². The number of hydrogen-bond donors (Lipinski definition) is 1. The summed E-state index contributed by atoms with van der Waals surface area (Å²) in [6, 6.07) is 13.9. The van der Waals surface area contributed by atoms with Crippen LogP contribution in [-0.4, -0.2) is 39.5 Å². The molecule has 2 aromatic carbocycles. The zero-order chi connectivity index (χ0) is 20.8. The highest BCUT2D eigenvalue weighted by Crippen LogP contribution is 2.25. The fourth-order valence-corrected chi connectivity index (χ4v) is 3.67. The van der Waals surface area contributed by atoms with Crippen LogP contribution in [0.4, 0.5) is 15.8 Å². The molecule has 1 amide bonds. The molecule has 0 aliphatic rings. The minimum absolute atomic E-state index is 0.185. The number of thioether (sulfide) groups is 1. The lowest BCUT2D eigenvalue weighted by molar-refractivity contribution is -0.113. The van der Waals surface area contributed by atoms with Crippen LogP contribution in [0.5, 0.6) is 0 Å². The standard InChI is InChI=1S/C21H24FN5OS/c1-4-27(5-2)18-12-6-15(7-13-18)20-24-25-21(26(20)3)29-14-19(28)23-17-10-8-16(22)9-11-17/h6-13H,4-5,14H2,1-3H3,(H,23,28). The smallest absolute Gasteiger partial charge is 0.234 e. The average molecular weight is 414 g/mol. The van der Waals surface area contributed by atoms with Gasteiger partial charge in [0.25, 0.3) is 0 Å². The number of halogens is 1. The van der Waals surface area contributed by atoms with Gasteiger partial charge in [-0.15, -0.1) is 10.2 Å². The van der Waals surface area contributed by atoms with Crippen molar-refractivity contribution in [2.24, 2.45) is 7.05 Å². The van der Waals surface area contributed by atoms with E-state index in [1.54, 1.807) is 0 Å². The highest BCUT2D eigenvalue weighted by Gasteiger charge is 2.13. The van der Waals surface area contributed by atoms with Crippen molar-refractivity contribution in [2.75, 3.05) is 29.1 Å². The van der Waals surface area contributed by atoms with Crippen LogP contribution < -0.4 is 10.2 Å². The summed E-state index contributed by atoms with van der Waals surface area (Å²) in [5.74, 6) is 0.408. The number of rotatable bonds is 8. The molecule has 0 atom stereocenters. The highest BCUT2D eigenvalue weighted by atomic mass is 32.2. The van der Waals surface area contributed by atoms with Crippen molar-refractivity contribution >= 4 is 29.0 Å². The van der Waals surface area contributed by atoms with Gasteiger partial charge >= 0.3 is 0 Å². The Bertz CT molecular complexity index is 952. The Morgan fingerprint density at radius 1 is 1.07 bits per heavy atom. The first-order valence-electron chi connectivity index (χ1n) is 9.44. The molecule has 0 saturated heterocycles. The maximum Gasteiger partial charge on any atom is 0.234 e. The molecule has 0 saturated carbocycles. The van der Waals surface area contributed by atoms with E-state index in [2.05, 4.69) is 46.4 Å². The number of carbonyl (C=O) groups excluding carboxylic acids is 1. The number of carbonyl (C=O) groups is 1. The third kappa shape index (κ3) is 5.14. The molecule has 0 spiro atoms. The number of amides is 1. The van der Waals surface area contributed by atoms with E-state index in [-0.39, 0.29) is 17.5 Å². The van der Waals surface area contributed by atoms with Crippen molar-refractivity contribution < 1.29 is 9.18 Å². The second kappa shape index (κ2) is 9.56. The lowest BCUT2D eigenvalue weighted by Crippen LogP contribution is -2.21. The van der Waals surface area contributed by atoms with Crippen LogP contribution in [0.15, 0.2) is 53.7 Å². The predicted molar refractivity (Wildman–Crippen MR) is 116 cm³/mol. The van der Waals surface area contributed by atoms with E-state index in [1.165, 1.54) is 41.7 Å². The van der Waals surface area contributed by atoms with Gasteiger partial charge in [-0.2, -0.15) is 0 Å². The molecule has 0 aliphatic heterocycles. The summed E-state index contributed by atoms with van der Waals surface area (Å²) in [5.41, 5.74) is 2.70. The lowest BCUT2D eigenvalue weighted by atomic mass is 10.2. The highest BCUT2D eigenvalue weighted by molar-refractivity contribution is 7.99. The van der Waals surface area contributed by atoms with Crippen molar-refractivity contribution in [3.05, 3.63) is 54.3 Å². The summed E-state index contributed by atoms with van der Waals surface area (Å²) in [7, 11) is 1.88. The van der Waals surface area contributed by atoms with Crippen LogP contribution in [0, 0.1) is 5.82 Å². The summed E-state index contributed by atoms with van der Waals surface area (Å²) in [6.45, 7) is 6.19. The van der Waals surface area contributed by atoms with Crippen molar-refractivity contribution in [1.82, 2.24) is 14.8 Å². The first-order chi connectivity index (χ1) is 14.0. The van der Waals surface area contributed by atoms with Crippen LogP contribution in [0.3, 0.4) is 0 Å². The van der Waals surface area contributed by atoms with Gasteiger partial charge < -0.3 is 14.8 Å². The van der Waals surface area contributed by atoms with Gasteiger partial charge in [0.15, 0.2) is 11.0 Å². The average Bonchev–Trinajstić information content (AvgIpc) is 3.10. The molecule has 1 N–H and O–H groups in total. The zero-order valence-electron chi connectivity index (χ0n) is 16.7. The Kier molecular flexibility index (Phi) is 6.87. The number of aromatic nitrogens is 3. The van der Waals surface area contributed by atoms with Crippen molar-refractivity contribution in [3.63, 3.8) is 0 Å². The Morgan fingerprint density at radius 3 is 2.34 bits per heavy atom. The van der Waals surface area contributed by atoms with Gasteiger partial charge in [-0.1, -0.05) is 11.8 Å². The Labute approximate surface area is 174 Å². The van der Waals surface area contributed by atoms with Gasteiger partial charge in [0.1, 0.15) is 5.82 Å². The van der Waals surface area contributed by atoms with E-state index in [4.69, 9.17) is 0 Å². The molecule has 8 heteroatoms. The first-order valence-corrected chi connectivity index (χ1v) is 10.4. The SMILES string of the molecule is CCN(CC)c1ccc(-c2nnc(SCC(=O)Nc3ccc(F)cc3)n2C)cc1. The summed E-state index contributed by atoms with van der Waals surface area (Å²) >= 11 is 1.30. The fourth-order valence-electron chi connectivity index (χ4n) is 2.96. The van der Waals surface area contributed by atoms with Crippen LogP contribution in [-0.2, 0) is 11.8 Å². The summed E-state index contributed by atoms with van der Waals surface area (Å²) in [6.07, 6.45) is 0. The molecule has 3 rings (SSSR count). The quantitative estimate of drug-likeness (QED) is 0.561. The molecule has 152 valence electrons. The topological polar surface area (TPSA) is 63.1 Å². The normalized spacial score (nSPS) is 10.8. The van der Waals surface area contributed by atoms with E-state index in [1.807, 2.05) is 23.7 Å². The van der Waals surface area contributed by atoms with E-state index in [0.717, 1.165) is 24.5 Å². The molecule has 0 unspecified atom stereocenters. The van der Waals surface area contributed by atoms with Crippen LogP contribution in [0.2, 0.25) is 0 Å². The number of anilines is 2. The van der Waals surface area contributed by atoms with E-state index in [9.17, 15) is 9.18 Å². The van der Waals surface area contributed by atoms with Crippen LogP contribution in [0.1, 0.15) is 13.8 Å². The van der Waals surface area contributed by atoms with Crippen molar-refractivity contribution in [2.45, 2.75) is 19.0 Å². The van der Waals surface area contributed by atoms with Gasteiger partial charge in [-0.25, -0.2) is 4.39 Å². The molecule has 6 nitrogen and oxygen atoms in total. The molecular formula is C21H24FN5OS. The van der Waals surface area contributed by atoms with E-state index in [0.29, 0.717) is 10.8 Å². The summed E-state index contributed by atoms with van der Waals surface area (Å²) in [4.78, 5) is 14.4. The summed E-state index contributed by atoms with van der Waals surface area (Å²) in [5, 5.41) is 11.9. The van der Waals surface area contributed by atoms with E-state index < -0.39 is 0 Å². The third-order valence-corrected chi connectivity index (χ3v) is 5.57. The first kappa shape index (κ1) is 20.9. The monoisotopic (exact) mass is 413 g/mol. The lowest BCUT2D eigenvalue weighted by Gasteiger charge is -2.21. The number of benzene rings is 2. The predicted octanol–water partition coefficient (Wildman–Crippen LogP) is 4.20. The molecule has 29 heavy (non-hydrogen) atoms. The molecule has 0 aliphatic carbocycles. The third-order valence-electron chi connectivity index (χ3n) is 4.55. The molecule has 3 aromatic rings. The van der Waals surface area contributed by atoms with Gasteiger partial charge in [0, 0.05) is 37.1 Å². The molecule has 0 fully saturated rings. The number of nitrogens with one attached hydrogen (secondary N) is 1. The molecule has 0 bridgehead atoms. The second-order valence-electron chi connectivity index (χ2n) is 6.43. The van der Waals surface area contributed by atoms with Crippen molar-refractivity contribution in [3.8, 4) is 11.4 Å². The van der Waals surface area contributed by atoms with Gasteiger partial charge in [0.2, 0.25) is 5.91 Å². The Hall–Kier alpha value is -2.87. The maximum atomic E-state index is 12.9. The van der Waals surface area contributed by atoms with Crippen LogP contribution >= 0.6 is 11.8 Å². The minimum Gasteiger partial charge on any atom is -0.372 e. The second-order valence-corrected chi connectivity index (χ2v) is 7.37. The minimum atomic E-state index is -0.339.